The Bertz CT molecular complexity index is 886. The molecule has 22 heavy (non-hydrogen) atoms. The summed E-state index contributed by atoms with van der Waals surface area (Å²) in [6.45, 7) is 1.77. The number of nitrogens with zero attached hydrogens (tertiary/aromatic N) is 2. The van der Waals surface area contributed by atoms with Gasteiger partial charge in [-0.05, 0) is 36.8 Å². The molecule has 0 bridgehead atoms. The number of aryl methyl sites for hydroxylation is 1. The van der Waals surface area contributed by atoms with Crippen LogP contribution < -0.4 is 5.32 Å². The van der Waals surface area contributed by atoms with E-state index in [2.05, 4.69) is 15.3 Å². The summed E-state index contributed by atoms with van der Waals surface area (Å²) in [4.78, 5) is 8.23. The number of aromatic nitrogens is 2. The molecular formula is C15H10Cl2FN3O. The molecule has 0 saturated carbocycles. The molecule has 0 aliphatic carbocycles. The van der Waals surface area contributed by atoms with Crippen LogP contribution in [0.2, 0.25) is 10.0 Å². The lowest BCUT2D eigenvalue weighted by molar-refractivity contribution is 0.472. The van der Waals surface area contributed by atoms with Crippen molar-refractivity contribution in [3.05, 3.63) is 52.0 Å². The molecule has 2 N–H and O–H groups in total. The van der Waals surface area contributed by atoms with Crippen molar-refractivity contribution in [1.29, 1.82) is 0 Å². The van der Waals surface area contributed by atoms with Gasteiger partial charge < -0.3 is 10.4 Å². The summed E-state index contributed by atoms with van der Waals surface area (Å²) in [5.41, 5.74) is 1.46. The molecule has 0 unspecified atom stereocenters. The Morgan fingerprint density at radius 1 is 1.18 bits per heavy atom. The lowest BCUT2D eigenvalue weighted by atomic mass is 10.1. The maximum atomic E-state index is 14.1. The lowest BCUT2D eigenvalue weighted by Gasteiger charge is -2.11. The Labute approximate surface area is 135 Å². The van der Waals surface area contributed by atoms with Crippen molar-refractivity contribution >= 4 is 45.6 Å². The van der Waals surface area contributed by atoms with Gasteiger partial charge in [-0.1, -0.05) is 23.2 Å². The van der Waals surface area contributed by atoms with Crippen LogP contribution in [0.3, 0.4) is 0 Å². The summed E-state index contributed by atoms with van der Waals surface area (Å²) < 4.78 is 14.1. The van der Waals surface area contributed by atoms with E-state index in [0.717, 1.165) is 0 Å². The largest absolute Gasteiger partial charge is 0.508 e. The van der Waals surface area contributed by atoms with Crippen molar-refractivity contribution in [3.63, 3.8) is 0 Å². The average Bonchev–Trinajstić information content (AvgIpc) is 2.50. The zero-order chi connectivity index (χ0) is 15.9. The third-order valence-corrected chi connectivity index (χ3v) is 4.02. The SMILES string of the molecule is Cc1cc2ncnc(Nc3ccc(Cl)c(Cl)c3F)c2cc1O. The molecule has 3 aromatic rings. The molecule has 0 atom stereocenters. The Morgan fingerprint density at radius 2 is 1.95 bits per heavy atom. The molecule has 1 heterocycles. The van der Waals surface area contributed by atoms with Gasteiger partial charge in [-0.15, -0.1) is 0 Å². The molecule has 0 aliphatic heterocycles. The molecule has 3 rings (SSSR count). The summed E-state index contributed by atoms with van der Waals surface area (Å²) in [6, 6.07) is 6.21. The Hall–Kier alpha value is -2.11. The summed E-state index contributed by atoms with van der Waals surface area (Å²) in [7, 11) is 0. The predicted octanol–water partition coefficient (Wildman–Crippen LogP) is 4.83. The monoisotopic (exact) mass is 337 g/mol. The highest BCUT2D eigenvalue weighted by Gasteiger charge is 2.13. The number of hydrogen-bond donors (Lipinski definition) is 2. The number of halogens is 3. The van der Waals surface area contributed by atoms with Gasteiger partial charge in [0.05, 0.1) is 21.2 Å². The van der Waals surface area contributed by atoms with Crippen LogP contribution in [0, 0.1) is 12.7 Å². The lowest BCUT2D eigenvalue weighted by Crippen LogP contribution is -1.99. The molecule has 0 saturated heterocycles. The smallest absolute Gasteiger partial charge is 0.166 e. The highest BCUT2D eigenvalue weighted by Crippen LogP contribution is 2.33. The minimum absolute atomic E-state index is 0.111. The molecule has 0 fully saturated rings. The molecule has 0 amide bonds. The van der Waals surface area contributed by atoms with Crippen molar-refractivity contribution in [3.8, 4) is 5.75 Å². The number of phenolic OH excluding ortho intramolecular Hbond substituents is 1. The molecule has 0 aliphatic rings. The van der Waals surface area contributed by atoms with Crippen LogP contribution in [0.1, 0.15) is 5.56 Å². The number of nitrogens with one attached hydrogen (secondary N) is 1. The van der Waals surface area contributed by atoms with E-state index in [-0.39, 0.29) is 21.5 Å². The third kappa shape index (κ3) is 2.53. The van der Waals surface area contributed by atoms with Gasteiger partial charge in [0.1, 0.15) is 17.9 Å². The Balaban J connectivity index is 2.12. The van der Waals surface area contributed by atoms with Gasteiger partial charge in [0.2, 0.25) is 0 Å². The first kappa shape index (κ1) is 14.8. The van der Waals surface area contributed by atoms with Crippen LogP contribution in [0.5, 0.6) is 5.75 Å². The second-order valence-electron chi connectivity index (χ2n) is 4.73. The predicted molar refractivity (Wildman–Crippen MR) is 85.6 cm³/mol. The Kier molecular flexibility index (Phi) is 3.76. The maximum absolute atomic E-state index is 14.1. The molecule has 112 valence electrons. The summed E-state index contributed by atoms with van der Waals surface area (Å²) in [5.74, 6) is -0.199. The summed E-state index contributed by atoms with van der Waals surface area (Å²) in [5, 5.41) is 13.2. The van der Waals surface area contributed by atoms with Crippen molar-refractivity contribution < 1.29 is 9.50 Å². The molecule has 4 nitrogen and oxygen atoms in total. The summed E-state index contributed by atoms with van der Waals surface area (Å²) >= 11 is 11.6. The highest BCUT2D eigenvalue weighted by molar-refractivity contribution is 6.42. The molecule has 2 aromatic carbocycles. The molecular weight excluding hydrogens is 328 g/mol. The van der Waals surface area contributed by atoms with E-state index in [1.165, 1.54) is 24.5 Å². The number of benzene rings is 2. The van der Waals surface area contributed by atoms with Crippen LogP contribution >= 0.6 is 23.2 Å². The topological polar surface area (TPSA) is 58.0 Å². The molecule has 1 aromatic heterocycles. The van der Waals surface area contributed by atoms with E-state index in [1.54, 1.807) is 13.0 Å². The number of rotatable bonds is 2. The number of aromatic hydroxyl groups is 1. The van der Waals surface area contributed by atoms with E-state index in [0.29, 0.717) is 22.3 Å². The minimum atomic E-state index is -0.669. The van der Waals surface area contributed by atoms with Gasteiger partial charge in [0.25, 0.3) is 0 Å². The molecule has 0 radical (unpaired) electrons. The number of hydrogen-bond acceptors (Lipinski definition) is 4. The van der Waals surface area contributed by atoms with Gasteiger partial charge in [-0.3, -0.25) is 0 Å². The van der Waals surface area contributed by atoms with Crippen LogP contribution in [-0.4, -0.2) is 15.1 Å². The average molecular weight is 338 g/mol. The van der Waals surface area contributed by atoms with E-state index < -0.39 is 5.82 Å². The fourth-order valence-electron chi connectivity index (χ4n) is 2.05. The second-order valence-corrected chi connectivity index (χ2v) is 5.51. The minimum Gasteiger partial charge on any atom is -0.508 e. The first-order chi connectivity index (χ1) is 10.5. The van der Waals surface area contributed by atoms with E-state index in [1.807, 2.05) is 0 Å². The van der Waals surface area contributed by atoms with Crippen LogP contribution in [-0.2, 0) is 0 Å². The molecule has 0 spiro atoms. The first-order valence-corrected chi connectivity index (χ1v) is 7.08. The van der Waals surface area contributed by atoms with Crippen molar-refractivity contribution in [1.82, 2.24) is 9.97 Å². The van der Waals surface area contributed by atoms with Crippen molar-refractivity contribution in [2.75, 3.05) is 5.32 Å². The van der Waals surface area contributed by atoms with Gasteiger partial charge in [0, 0.05) is 5.39 Å². The third-order valence-electron chi connectivity index (χ3n) is 3.24. The summed E-state index contributed by atoms with van der Waals surface area (Å²) in [6.07, 6.45) is 1.36. The second kappa shape index (κ2) is 5.59. The van der Waals surface area contributed by atoms with Gasteiger partial charge >= 0.3 is 0 Å². The van der Waals surface area contributed by atoms with E-state index in [4.69, 9.17) is 23.2 Å². The highest BCUT2D eigenvalue weighted by atomic mass is 35.5. The van der Waals surface area contributed by atoms with Gasteiger partial charge in [-0.2, -0.15) is 0 Å². The normalized spacial score (nSPS) is 10.9. The van der Waals surface area contributed by atoms with Gasteiger partial charge in [0.15, 0.2) is 5.82 Å². The Morgan fingerprint density at radius 3 is 2.73 bits per heavy atom. The van der Waals surface area contributed by atoms with E-state index >= 15 is 0 Å². The zero-order valence-electron chi connectivity index (χ0n) is 11.4. The maximum Gasteiger partial charge on any atom is 0.166 e. The standard InChI is InChI=1S/C15H10Cl2FN3O/c1-7-4-11-8(5-12(7)22)15(20-6-19-11)21-10-3-2-9(16)13(17)14(10)18/h2-6,22H,1H3,(H,19,20,21). The van der Waals surface area contributed by atoms with Gasteiger partial charge in [-0.25, -0.2) is 14.4 Å². The number of fused-ring (bicyclic) bond motifs is 1. The van der Waals surface area contributed by atoms with E-state index in [9.17, 15) is 9.50 Å². The van der Waals surface area contributed by atoms with Crippen LogP contribution in [0.4, 0.5) is 15.9 Å². The van der Waals surface area contributed by atoms with Crippen LogP contribution in [0.25, 0.3) is 10.9 Å². The fraction of sp³-hybridized carbons (Fsp3) is 0.0667. The fourth-order valence-corrected chi connectivity index (χ4v) is 2.36. The molecule has 7 heteroatoms. The van der Waals surface area contributed by atoms with Crippen LogP contribution in [0.15, 0.2) is 30.6 Å². The van der Waals surface area contributed by atoms with Crippen molar-refractivity contribution in [2.24, 2.45) is 0 Å². The zero-order valence-corrected chi connectivity index (χ0v) is 12.9. The first-order valence-electron chi connectivity index (χ1n) is 6.32. The number of phenols is 1. The van der Waals surface area contributed by atoms with Crippen molar-refractivity contribution in [2.45, 2.75) is 6.92 Å². The quantitative estimate of drug-likeness (QED) is 0.657. The number of anilines is 2.